The number of benzene rings is 1. The minimum absolute atomic E-state index is 0.214. The Kier molecular flexibility index (Phi) is 5.78. The second-order valence-corrected chi connectivity index (χ2v) is 8.43. The second-order valence-electron chi connectivity index (χ2n) is 5.71. The highest BCUT2D eigenvalue weighted by atomic mass is 35.5. The molecule has 0 bridgehead atoms. The van der Waals surface area contributed by atoms with Gasteiger partial charge in [-0.15, -0.1) is 0 Å². The molecule has 1 aliphatic rings. The summed E-state index contributed by atoms with van der Waals surface area (Å²) in [5.74, 6) is -0.214. The summed E-state index contributed by atoms with van der Waals surface area (Å²) in [6, 6.07) is 4.50. The van der Waals surface area contributed by atoms with E-state index in [0.717, 1.165) is 23.7 Å². The number of anilines is 1. The lowest BCUT2D eigenvalue weighted by molar-refractivity contribution is -0.883. The molecule has 0 aliphatic carbocycles. The fraction of sp³-hybridized carbons (Fsp3) is 0.500. The predicted molar refractivity (Wildman–Crippen MR) is 91.9 cm³/mol. The van der Waals surface area contributed by atoms with Crippen LogP contribution in [0.4, 0.5) is 5.69 Å². The number of nitrogens with one attached hydrogen (secondary N) is 1. The number of rotatable bonds is 4. The van der Waals surface area contributed by atoms with E-state index in [0.29, 0.717) is 23.8 Å². The van der Waals surface area contributed by atoms with Crippen molar-refractivity contribution in [3.8, 4) is 0 Å². The van der Waals surface area contributed by atoms with Crippen molar-refractivity contribution in [1.82, 2.24) is 4.90 Å². The van der Waals surface area contributed by atoms with Gasteiger partial charge in [-0.25, -0.2) is 8.42 Å². The van der Waals surface area contributed by atoms with Gasteiger partial charge in [-0.3, -0.25) is 9.10 Å². The number of sulfonamides is 1. The van der Waals surface area contributed by atoms with Gasteiger partial charge >= 0.3 is 0 Å². The van der Waals surface area contributed by atoms with Gasteiger partial charge in [0.25, 0.3) is 0 Å². The molecule has 2 rings (SSSR count). The molecule has 0 aromatic heterocycles. The van der Waals surface area contributed by atoms with Crippen LogP contribution in [0.3, 0.4) is 0 Å². The number of nitrogens with zero attached hydrogens (tertiary/aromatic N) is 2. The summed E-state index contributed by atoms with van der Waals surface area (Å²) >= 11 is 11.8. The maximum absolute atomic E-state index is 12.4. The highest BCUT2D eigenvalue weighted by Crippen LogP contribution is 2.28. The van der Waals surface area contributed by atoms with Crippen molar-refractivity contribution in [3.63, 3.8) is 0 Å². The summed E-state index contributed by atoms with van der Waals surface area (Å²) in [5, 5.41) is 0.575. The molecule has 1 amide bonds. The van der Waals surface area contributed by atoms with Crippen molar-refractivity contribution in [2.75, 3.05) is 50.3 Å². The van der Waals surface area contributed by atoms with Crippen molar-refractivity contribution >= 4 is 44.8 Å². The molecular formula is C14H20Cl2N3O3S+. The first-order chi connectivity index (χ1) is 10.7. The van der Waals surface area contributed by atoms with Crippen LogP contribution in [0.1, 0.15) is 0 Å². The predicted octanol–water partition coefficient (Wildman–Crippen LogP) is 0.116. The first kappa shape index (κ1) is 18.3. The SMILES string of the molecule is C[NH+]1CCN(C(=O)CN(c2ccc(Cl)c(Cl)c2)S(C)(=O)=O)CC1. The van der Waals surface area contributed by atoms with Gasteiger partial charge in [-0.1, -0.05) is 23.2 Å². The average Bonchev–Trinajstić information content (AvgIpc) is 2.47. The van der Waals surface area contributed by atoms with E-state index >= 15 is 0 Å². The summed E-state index contributed by atoms with van der Waals surface area (Å²) in [7, 11) is -1.54. The zero-order valence-electron chi connectivity index (χ0n) is 13.1. The molecular weight excluding hydrogens is 361 g/mol. The number of carbonyl (C=O) groups is 1. The Labute approximate surface area is 146 Å². The van der Waals surface area contributed by atoms with E-state index < -0.39 is 10.0 Å². The van der Waals surface area contributed by atoms with Gasteiger partial charge in [-0.05, 0) is 18.2 Å². The van der Waals surface area contributed by atoms with Crippen molar-refractivity contribution in [2.45, 2.75) is 0 Å². The van der Waals surface area contributed by atoms with Crippen molar-refractivity contribution in [2.24, 2.45) is 0 Å². The molecule has 1 saturated heterocycles. The number of halogens is 2. The van der Waals surface area contributed by atoms with Crippen LogP contribution in [0.2, 0.25) is 10.0 Å². The third-order valence-electron chi connectivity index (χ3n) is 3.84. The largest absolute Gasteiger partial charge is 0.334 e. The number of amides is 1. The molecule has 128 valence electrons. The van der Waals surface area contributed by atoms with Crippen molar-refractivity contribution in [1.29, 1.82) is 0 Å². The lowest BCUT2D eigenvalue weighted by Crippen LogP contribution is -3.12. The standard InChI is InChI=1S/C14H19Cl2N3O3S/c1-17-5-7-18(8-6-17)14(20)10-19(23(2,21)22)11-3-4-12(15)13(16)9-11/h3-4,9H,5-8,10H2,1-2H3/p+1. The van der Waals surface area contributed by atoms with Crippen LogP contribution in [0, 0.1) is 0 Å². The summed E-state index contributed by atoms with van der Waals surface area (Å²) in [6.45, 7) is 2.73. The quantitative estimate of drug-likeness (QED) is 0.806. The van der Waals surface area contributed by atoms with E-state index in [1.165, 1.54) is 23.1 Å². The minimum Gasteiger partial charge on any atom is -0.334 e. The summed E-state index contributed by atoms with van der Waals surface area (Å²) in [5.41, 5.74) is 0.329. The number of carbonyl (C=O) groups excluding carboxylic acids is 1. The molecule has 1 aliphatic heterocycles. The Hall–Kier alpha value is -1.02. The maximum Gasteiger partial charge on any atom is 0.243 e. The Morgan fingerprint density at radius 1 is 1.26 bits per heavy atom. The Morgan fingerprint density at radius 3 is 2.39 bits per heavy atom. The monoisotopic (exact) mass is 380 g/mol. The molecule has 23 heavy (non-hydrogen) atoms. The fourth-order valence-electron chi connectivity index (χ4n) is 2.40. The van der Waals surface area contributed by atoms with Crippen LogP contribution in [-0.4, -0.2) is 65.3 Å². The third-order valence-corrected chi connectivity index (χ3v) is 5.72. The first-order valence-corrected chi connectivity index (χ1v) is 9.81. The van der Waals surface area contributed by atoms with Crippen LogP contribution in [0.5, 0.6) is 0 Å². The van der Waals surface area contributed by atoms with Crippen LogP contribution < -0.4 is 9.21 Å². The van der Waals surface area contributed by atoms with Gasteiger partial charge in [0.2, 0.25) is 15.9 Å². The highest BCUT2D eigenvalue weighted by molar-refractivity contribution is 7.92. The number of likely N-dealkylation sites (N-methyl/N-ethyl adjacent to an activating group) is 1. The van der Waals surface area contributed by atoms with Gasteiger partial charge in [0.05, 0.1) is 55.2 Å². The summed E-state index contributed by atoms with van der Waals surface area (Å²) < 4.78 is 25.2. The van der Waals surface area contributed by atoms with Gasteiger partial charge in [-0.2, -0.15) is 0 Å². The molecule has 1 aromatic carbocycles. The van der Waals surface area contributed by atoms with E-state index in [1.807, 2.05) is 0 Å². The van der Waals surface area contributed by atoms with E-state index in [9.17, 15) is 13.2 Å². The second kappa shape index (κ2) is 7.25. The zero-order valence-corrected chi connectivity index (χ0v) is 15.4. The maximum atomic E-state index is 12.4. The number of quaternary nitrogens is 1. The topological polar surface area (TPSA) is 62.1 Å². The summed E-state index contributed by atoms with van der Waals surface area (Å²) in [6.07, 6.45) is 1.07. The Bertz CT molecular complexity index is 689. The van der Waals surface area contributed by atoms with E-state index in [1.54, 1.807) is 4.90 Å². The molecule has 1 heterocycles. The molecule has 1 fully saturated rings. The van der Waals surface area contributed by atoms with E-state index in [-0.39, 0.29) is 17.5 Å². The molecule has 0 radical (unpaired) electrons. The lowest BCUT2D eigenvalue weighted by atomic mass is 10.3. The van der Waals surface area contributed by atoms with E-state index in [2.05, 4.69) is 7.05 Å². The normalized spacial score (nSPS) is 16.4. The van der Waals surface area contributed by atoms with Gasteiger partial charge in [0.15, 0.2) is 0 Å². The van der Waals surface area contributed by atoms with Gasteiger partial charge in [0, 0.05) is 0 Å². The zero-order chi connectivity index (χ0) is 17.2. The third kappa shape index (κ3) is 4.73. The molecule has 1 N–H and O–H groups in total. The molecule has 0 spiro atoms. The van der Waals surface area contributed by atoms with Crippen LogP contribution >= 0.6 is 23.2 Å². The van der Waals surface area contributed by atoms with Crippen LogP contribution in [0.15, 0.2) is 18.2 Å². The molecule has 9 heteroatoms. The van der Waals surface area contributed by atoms with Crippen molar-refractivity contribution < 1.29 is 18.1 Å². The number of hydrogen-bond acceptors (Lipinski definition) is 3. The smallest absolute Gasteiger partial charge is 0.243 e. The lowest BCUT2D eigenvalue weighted by Gasteiger charge is -2.32. The Balaban J connectivity index is 2.19. The minimum atomic E-state index is -3.61. The Morgan fingerprint density at radius 2 is 1.87 bits per heavy atom. The first-order valence-electron chi connectivity index (χ1n) is 7.20. The molecule has 0 unspecified atom stereocenters. The molecule has 6 nitrogen and oxygen atoms in total. The molecule has 0 atom stereocenters. The highest BCUT2D eigenvalue weighted by Gasteiger charge is 2.27. The molecule has 1 aromatic rings. The fourth-order valence-corrected chi connectivity index (χ4v) is 3.53. The van der Waals surface area contributed by atoms with Gasteiger partial charge in [0.1, 0.15) is 6.54 Å². The van der Waals surface area contributed by atoms with Gasteiger partial charge < -0.3 is 9.80 Å². The van der Waals surface area contributed by atoms with E-state index in [4.69, 9.17) is 23.2 Å². The number of hydrogen-bond donors (Lipinski definition) is 1. The van der Waals surface area contributed by atoms with Crippen LogP contribution in [-0.2, 0) is 14.8 Å². The number of piperazine rings is 1. The summed E-state index contributed by atoms with van der Waals surface area (Å²) in [4.78, 5) is 15.5. The van der Waals surface area contributed by atoms with Crippen LogP contribution in [0.25, 0.3) is 0 Å². The average molecular weight is 381 g/mol. The molecule has 0 saturated carbocycles. The van der Waals surface area contributed by atoms with Crippen molar-refractivity contribution in [3.05, 3.63) is 28.2 Å².